The average molecular weight is 580 g/mol. The Kier molecular flexibility index (Phi) is 11.9. The molecule has 42 heavy (non-hydrogen) atoms. The van der Waals surface area contributed by atoms with Crippen molar-refractivity contribution in [1.82, 2.24) is 10.6 Å². The van der Waals surface area contributed by atoms with Crippen LogP contribution in [0.3, 0.4) is 0 Å². The van der Waals surface area contributed by atoms with Crippen molar-refractivity contribution in [2.45, 2.75) is 72.1 Å². The molecule has 9 heteroatoms. The molecule has 0 heterocycles. The average Bonchev–Trinajstić information content (AvgIpc) is 2.92. The van der Waals surface area contributed by atoms with E-state index in [9.17, 15) is 28.3 Å². The van der Waals surface area contributed by atoms with Crippen molar-refractivity contribution in [1.29, 1.82) is 0 Å². The molecule has 2 atom stereocenters. The van der Waals surface area contributed by atoms with Gasteiger partial charge in [-0.2, -0.15) is 0 Å². The topological polar surface area (TPSA) is 108 Å². The second kappa shape index (κ2) is 15.3. The second-order valence-electron chi connectivity index (χ2n) is 10.6. The molecule has 0 saturated heterocycles. The van der Waals surface area contributed by atoms with E-state index < -0.39 is 29.7 Å². The number of hydrogen-bond acceptors (Lipinski definition) is 5. The molecule has 4 N–H and O–H groups in total. The van der Waals surface area contributed by atoms with E-state index in [0.717, 1.165) is 41.3 Å². The summed E-state index contributed by atoms with van der Waals surface area (Å²) in [7, 11) is 0. The minimum absolute atomic E-state index is 0.0215. The van der Waals surface area contributed by atoms with Crippen LogP contribution in [0.5, 0.6) is 0 Å². The molecule has 7 nitrogen and oxygen atoms in total. The van der Waals surface area contributed by atoms with Crippen LogP contribution in [0.25, 0.3) is 0 Å². The van der Waals surface area contributed by atoms with Crippen molar-refractivity contribution >= 4 is 23.3 Å². The number of nitrogens with one attached hydrogen (secondary N) is 3. The van der Waals surface area contributed by atoms with E-state index in [1.807, 2.05) is 32.0 Å². The number of aliphatic hydroxyl groups excluding tert-OH is 1. The van der Waals surface area contributed by atoms with E-state index in [1.165, 1.54) is 12.5 Å². The van der Waals surface area contributed by atoms with Crippen LogP contribution < -0.4 is 16.0 Å². The van der Waals surface area contributed by atoms with Crippen LogP contribution in [0.1, 0.15) is 64.9 Å². The number of hydrogen-bond donors (Lipinski definition) is 4. The zero-order chi connectivity index (χ0) is 30.8. The zero-order valence-corrected chi connectivity index (χ0v) is 24.5. The van der Waals surface area contributed by atoms with Crippen molar-refractivity contribution in [3.8, 4) is 0 Å². The van der Waals surface area contributed by atoms with E-state index in [4.69, 9.17) is 0 Å². The van der Waals surface area contributed by atoms with Gasteiger partial charge in [-0.1, -0.05) is 31.2 Å². The molecule has 0 spiro atoms. The minimum atomic E-state index is -1.09. The van der Waals surface area contributed by atoms with Gasteiger partial charge < -0.3 is 21.1 Å². The number of ketones is 1. The van der Waals surface area contributed by atoms with Crippen LogP contribution in [-0.2, 0) is 29.0 Å². The molecule has 0 fully saturated rings. The quantitative estimate of drug-likeness (QED) is 0.202. The molecule has 0 bridgehead atoms. The molecule has 3 aromatic carbocycles. The number of Topliss-reactive ketones (excluding diaryl/α,β-unsaturated/α-hetero) is 1. The molecule has 0 aromatic heterocycles. The van der Waals surface area contributed by atoms with E-state index in [1.54, 1.807) is 12.1 Å². The largest absolute Gasteiger partial charge is 0.390 e. The lowest BCUT2D eigenvalue weighted by Crippen LogP contribution is -2.48. The molecule has 0 saturated carbocycles. The Labute approximate surface area is 245 Å². The van der Waals surface area contributed by atoms with Crippen LogP contribution >= 0.6 is 0 Å². The van der Waals surface area contributed by atoms with Crippen molar-refractivity contribution < 1.29 is 28.3 Å². The third-order valence-corrected chi connectivity index (χ3v) is 7.10. The molecule has 0 aliphatic rings. The normalized spacial score (nSPS) is 12.5. The highest BCUT2D eigenvalue weighted by Crippen LogP contribution is 2.23. The van der Waals surface area contributed by atoms with Crippen molar-refractivity contribution in [2.75, 3.05) is 11.9 Å². The summed E-state index contributed by atoms with van der Waals surface area (Å²) in [5.74, 6) is -2.65. The van der Waals surface area contributed by atoms with Crippen molar-refractivity contribution in [3.05, 3.63) is 99.6 Å². The first-order valence-electron chi connectivity index (χ1n) is 14.1. The Morgan fingerprint density at radius 1 is 0.881 bits per heavy atom. The SMILES string of the molecule is CCc1cccc(CNCC(O)C(Cc2cc(F)cc(F)c2)NC(=O)CCC(=O)c2cc(C)c(C)cc2NC(C)=O)c1. The fourth-order valence-electron chi connectivity index (χ4n) is 4.71. The maximum Gasteiger partial charge on any atom is 0.221 e. The van der Waals surface area contributed by atoms with Gasteiger partial charge >= 0.3 is 0 Å². The molecule has 0 aliphatic heterocycles. The number of aryl methyl sites for hydroxylation is 3. The molecule has 0 radical (unpaired) electrons. The first-order valence-corrected chi connectivity index (χ1v) is 14.1. The summed E-state index contributed by atoms with van der Waals surface area (Å²) < 4.78 is 27.7. The Bertz CT molecular complexity index is 1410. The fraction of sp³-hybridized carbons (Fsp3) is 0.364. The Balaban J connectivity index is 1.68. The van der Waals surface area contributed by atoms with E-state index >= 15 is 0 Å². The molecule has 0 aliphatic carbocycles. The zero-order valence-electron chi connectivity index (χ0n) is 24.5. The molecule has 224 valence electrons. The number of halogens is 2. The number of carbonyl (C=O) groups is 3. The summed E-state index contributed by atoms with van der Waals surface area (Å²) in [5, 5.41) is 19.6. The van der Waals surface area contributed by atoms with Gasteiger partial charge in [0.25, 0.3) is 0 Å². The first-order chi connectivity index (χ1) is 19.9. The third kappa shape index (κ3) is 9.85. The predicted octanol–water partition coefficient (Wildman–Crippen LogP) is 4.94. The Morgan fingerprint density at radius 2 is 1.55 bits per heavy atom. The Hall–Kier alpha value is -3.95. The fourth-order valence-corrected chi connectivity index (χ4v) is 4.71. The van der Waals surface area contributed by atoms with Gasteiger partial charge in [0, 0.05) is 44.5 Å². The summed E-state index contributed by atoms with van der Waals surface area (Å²) in [6, 6.07) is 13.6. The number of anilines is 1. The van der Waals surface area contributed by atoms with Crippen LogP contribution in [0.2, 0.25) is 0 Å². The highest BCUT2D eigenvalue weighted by molar-refractivity contribution is 6.05. The van der Waals surface area contributed by atoms with Crippen molar-refractivity contribution in [3.63, 3.8) is 0 Å². The standard InChI is InChI=1S/C33H39F2N3O4/c1-5-23-7-6-8-24(13-23)18-36-19-32(41)30(16-25-14-26(34)17-27(35)15-25)38-33(42)10-9-31(40)28-11-20(2)21(3)12-29(28)37-22(4)39/h6-8,11-15,17,30,32,36,41H,5,9-10,16,18-19H2,1-4H3,(H,37,39)(H,38,42). The van der Waals surface area contributed by atoms with Gasteiger partial charge in [0.15, 0.2) is 5.78 Å². The summed E-state index contributed by atoms with van der Waals surface area (Å²) in [5.41, 5.74) is 4.98. The van der Waals surface area contributed by atoms with Gasteiger partial charge in [-0.15, -0.1) is 0 Å². The summed E-state index contributed by atoms with van der Waals surface area (Å²) >= 11 is 0. The van der Waals surface area contributed by atoms with Crippen LogP contribution in [0.4, 0.5) is 14.5 Å². The molecule has 3 aromatic rings. The van der Waals surface area contributed by atoms with Gasteiger partial charge in [-0.25, -0.2) is 8.78 Å². The van der Waals surface area contributed by atoms with Gasteiger partial charge in [0.05, 0.1) is 17.8 Å². The number of aliphatic hydroxyl groups is 1. The number of amides is 2. The maximum atomic E-state index is 13.9. The van der Waals surface area contributed by atoms with Gasteiger partial charge in [0.1, 0.15) is 11.6 Å². The lowest BCUT2D eigenvalue weighted by molar-refractivity contribution is -0.122. The van der Waals surface area contributed by atoms with Gasteiger partial charge in [0.2, 0.25) is 11.8 Å². The maximum absolute atomic E-state index is 13.9. The predicted molar refractivity (Wildman–Crippen MR) is 159 cm³/mol. The monoisotopic (exact) mass is 579 g/mol. The van der Waals surface area contributed by atoms with Crippen LogP contribution in [0, 0.1) is 25.5 Å². The number of carbonyl (C=O) groups excluding carboxylic acids is 3. The highest BCUT2D eigenvalue weighted by Gasteiger charge is 2.23. The van der Waals surface area contributed by atoms with Crippen LogP contribution in [0.15, 0.2) is 54.6 Å². The number of benzene rings is 3. The summed E-state index contributed by atoms with van der Waals surface area (Å²) in [4.78, 5) is 37.7. The number of rotatable bonds is 14. The van der Waals surface area contributed by atoms with Crippen LogP contribution in [-0.4, -0.2) is 41.4 Å². The lowest BCUT2D eigenvalue weighted by Gasteiger charge is -2.25. The molecular formula is C33H39F2N3O4. The van der Waals surface area contributed by atoms with E-state index in [0.29, 0.717) is 17.8 Å². The minimum Gasteiger partial charge on any atom is -0.390 e. The summed E-state index contributed by atoms with van der Waals surface area (Å²) in [6.07, 6.45) is -0.522. The smallest absolute Gasteiger partial charge is 0.221 e. The van der Waals surface area contributed by atoms with Gasteiger partial charge in [-0.3, -0.25) is 14.4 Å². The van der Waals surface area contributed by atoms with E-state index in [-0.39, 0.29) is 43.1 Å². The highest BCUT2D eigenvalue weighted by atomic mass is 19.1. The van der Waals surface area contributed by atoms with Gasteiger partial charge in [-0.05, 0) is 78.8 Å². The first kappa shape index (κ1) is 32.6. The second-order valence-corrected chi connectivity index (χ2v) is 10.6. The third-order valence-electron chi connectivity index (χ3n) is 7.10. The molecule has 3 rings (SSSR count). The Morgan fingerprint density at radius 3 is 2.21 bits per heavy atom. The van der Waals surface area contributed by atoms with E-state index in [2.05, 4.69) is 28.9 Å². The van der Waals surface area contributed by atoms with Crippen molar-refractivity contribution in [2.24, 2.45) is 0 Å². The molecule has 2 amide bonds. The summed E-state index contributed by atoms with van der Waals surface area (Å²) in [6.45, 7) is 7.74. The molecular weight excluding hydrogens is 540 g/mol. The lowest BCUT2D eigenvalue weighted by atomic mass is 9.98. The molecule has 2 unspecified atom stereocenters.